The number of nitrogens with one attached hydrogen (secondary N) is 1. The minimum atomic E-state index is -0.581. The van der Waals surface area contributed by atoms with Crippen LogP contribution in [-0.4, -0.2) is 36.2 Å². The van der Waals surface area contributed by atoms with E-state index in [1.165, 1.54) is 11.3 Å². The van der Waals surface area contributed by atoms with Gasteiger partial charge in [-0.3, -0.25) is 0 Å². The van der Waals surface area contributed by atoms with Gasteiger partial charge in [0.2, 0.25) is 0 Å². The number of halogens is 1. The predicted molar refractivity (Wildman–Crippen MR) is 104 cm³/mol. The van der Waals surface area contributed by atoms with Crippen LogP contribution in [0.3, 0.4) is 0 Å². The van der Waals surface area contributed by atoms with Gasteiger partial charge in [-0.1, -0.05) is 36.5 Å². The van der Waals surface area contributed by atoms with Crippen LogP contribution < -0.4 is 4.74 Å². The van der Waals surface area contributed by atoms with E-state index in [1.807, 2.05) is 37.3 Å². The molecule has 0 atom stereocenters. The highest BCUT2D eigenvalue weighted by Gasteiger charge is 2.29. The molecule has 2 aromatic heterocycles. The molecular formula is C18H17BrN2O5S. The van der Waals surface area contributed by atoms with Crippen molar-refractivity contribution in [3.8, 4) is 16.3 Å². The Kier molecular flexibility index (Phi) is 5.46. The van der Waals surface area contributed by atoms with Crippen molar-refractivity contribution in [3.05, 3.63) is 39.7 Å². The van der Waals surface area contributed by atoms with Gasteiger partial charge in [0.05, 0.1) is 11.1 Å². The summed E-state index contributed by atoms with van der Waals surface area (Å²) >= 11 is 4.81. The van der Waals surface area contributed by atoms with Crippen LogP contribution in [0, 0.1) is 0 Å². The summed E-state index contributed by atoms with van der Waals surface area (Å²) in [6.45, 7) is 3.25. The lowest BCUT2D eigenvalue weighted by molar-refractivity contribution is -0.454. The number of aromatic amines is 1. The first-order chi connectivity index (χ1) is 13.2. The molecule has 1 aliphatic heterocycles. The second-order valence-corrected chi connectivity index (χ2v) is 7.57. The molecule has 0 aliphatic carbocycles. The number of aromatic nitrogens is 1. The molecule has 0 spiro atoms. The molecule has 1 fully saturated rings. The molecule has 27 heavy (non-hydrogen) atoms. The van der Waals surface area contributed by atoms with Gasteiger partial charge in [-0.2, -0.15) is 0 Å². The van der Waals surface area contributed by atoms with Gasteiger partial charge in [-0.25, -0.2) is 14.5 Å². The molecule has 0 radical (unpaired) electrons. The Labute approximate surface area is 167 Å². The van der Waals surface area contributed by atoms with Gasteiger partial charge in [-0.05, 0) is 34.5 Å². The molecule has 1 aliphatic rings. The quantitative estimate of drug-likeness (QED) is 0.584. The molecule has 1 N–H and O–H groups in total. The fourth-order valence-corrected chi connectivity index (χ4v) is 4.55. The molecule has 3 heterocycles. The molecular weight excluding hydrogens is 436 g/mol. The van der Waals surface area contributed by atoms with Crippen molar-refractivity contribution < 1.29 is 24.0 Å². The summed E-state index contributed by atoms with van der Waals surface area (Å²) in [4.78, 5) is 31.8. The van der Waals surface area contributed by atoms with Crippen LogP contribution in [-0.2, 0) is 14.5 Å². The average molecular weight is 453 g/mol. The number of hydrogen-bond acceptors (Lipinski definition) is 7. The molecule has 0 bridgehead atoms. The fraction of sp³-hybridized carbons (Fsp3) is 0.278. The standard InChI is InChI=1S/C18H17BrN2O5S/c1-2-7-23-18-15(19)14(13-10-11-5-3-4-6-12(11)20-13)16(27-18)17(22)26-21-24-8-9-25-21/h3-6,10,20H,2,7-9H2,1H3. The summed E-state index contributed by atoms with van der Waals surface area (Å²) in [5.41, 5.74) is 2.46. The van der Waals surface area contributed by atoms with Gasteiger partial charge in [0, 0.05) is 22.2 Å². The van der Waals surface area contributed by atoms with Gasteiger partial charge >= 0.3 is 5.97 Å². The zero-order valence-electron chi connectivity index (χ0n) is 14.5. The maximum absolute atomic E-state index is 12.7. The van der Waals surface area contributed by atoms with Crippen LogP contribution >= 0.6 is 27.3 Å². The topological polar surface area (TPSA) is 73.0 Å². The summed E-state index contributed by atoms with van der Waals surface area (Å²) in [7, 11) is 0. The van der Waals surface area contributed by atoms with E-state index in [0.29, 0.717) is 39.8 Å². The molecule has 1 aromatic carbocycles. The van der Waals surface area contributed by atoms with E-state index in [1.54, 1.807) is 0 Å². The van der Waals surface area contributed by atoms with Crippen LogP contribution in [0.4, 0.5) is 0 Å². The third kappa shape index (κ3) is 3.74. The molecule has 4 rings (SSSR count). The third-order valence-corrected chi connectivity index (χ3v) is 5.98. The number of hydrogen-bond donors (Lipinski definition) is 1. The van der Waals surface area contributed by atoms with Crippen molar-refractivity contribution in [1.29, 1.82) is 0 Å². The van der Waals surface area contributed by atoms with E-state index in [9.17, 15) is 4.79 Å². The highest BCUT2D eigenvalue weighted by molar-refractivity contribution is 9.10. The Morgan fingerprint density at radius 2 is 2.11 bits per heavy atom. The Bertz CT molecular complexity index is 931. The largest absolute Gasteiger partial charge is 0.483 e. The molecule has 142 valence electrons. The number of ether oxygens (including phenoxy) is 1. The third-order valence-electron chi connectivity index (χ3n) is 3.88. The first kappa shape index (κ1) is 18.5. The van der Waals surface area contributed by atoms with Crippen molar-refractivity contribution >= 4 is 44.1 Å². The van der Waals surface area contributed by atoms with E-state index >= 15 is 0 Å². The number of carbonyl (C=O) groups excluding carboxylic acids is 1. The molecule has 1 saturated heterocycles. The lowest BCUT2D eigenvalue weighted by atomic mass is 10.1. The van der Waals surface area contributed by atoms with Crippen LogP contribution in [0.5, 0.6) is 5.06 Å². The van der Waals surface area contributed by atoms with Crippen molar-refractivity contribution in [2.75, 3.05) is 19.8 Å². The van der Waals surface area contributed by atoms with Crippen molar-refractivity contribution in [1.82, 2.24) is 10.4 Å². The fourth-order valence-electron chi connectivity index (χ4n) is 2.69. The number of rotatable bonds is 6. The Morgan fingerprint density at radius 3 is 2.85 bits per heavy atom. The Balaban J connectivity index is 1.75. The molecule has 0 unspecified atom stereocenters. The first-order valence-electron chi connectivity index (χ1n) is 8.49. The first-order valence-corrected chi connectivity index (χ1v) is 10.1. The predicted octanol–water partition coefficient (Wildman–Crippen LogP) is 4.70. The smallest absolute Gasteiger partial charge is 0.372 e. The summed E-state index contributed by atoms with van der Waals surface area (Å²) < 4.78 is 6.51. The summed E-state index contributed by atoms with van der Waals surface area (Å²) in [6, 6.07) is 9.91. The Morgan fingerprint density at radius 1 is 1.33 bits per heavy atom. The number of para-hydroxylation sites is 1. The van der Waals surface area contributed by atoms with E-state index in [4.69, 9.17) is 19.2 Å². The lowest BCUT2D eigenvalue weighted by Crippen LogP contribution is -2.21. The molecule has 0 saturated carbocycles. The number of carbonyl (C=O) groups is 1. The van der Waals surface area contributed by atoms with Gasteiger partial charge in [0.15, 0.2) is 5.06 Å². The maximum atomic E-state index is 12.7. The van der Waals surface area contributed by atoms with Crippen LogP contribution in [0.1, 0.15) is 23.0 Å². The second kappa shape index (κ2) is 7.99. The van der Waals surface area contributed by atoms with E-state index < -0.39 is 5.97 Å². The molecule has 9 heteroatoms. The van der Waals surface area contributed by atoms with E-state index in [0.717, 1.165) is 28.4 Å². The normalized spacial score (nSPS) is 14.7. The average Bonchev–Trinajstić information content (AvgIpc) is 3.38. The van der Waals surface area contributed by atoms with Crippen molar-refractivity contribution in [3.63, 3.8) is 0 Å². The van der Waals surface area contributed by atoms with Crippen LogP contribution in [0.15, 0.2) is 34.8 Å². The Hall–Kier alpha value is -1.91. The van der Waals surface area contributed by atoms with Gasteiger partial charge in [0.1, 0.15) is 23.5 Å². The number of fused-ring (bicyclic) bond motifs is 1. The number of benzene rings is 1. The van der Waals surface area contributed by atoms with Crippen LogP contribution in [0.2, 0.25) is 0 Å². The lowest BCUT2D eigenvalue weighted by Gasteiger charge is -2.10. The summed E-state index contributed by atoms with van der Waals surface area (Å²) in [5.74, 6) is -0.581. The van der Waals surface area contributed by atoms with Crippen LogP contribution in [0.25, 0.3) is 22.2 Å². The highest BCUT2D eigenvalue weighted by atomic mass is 79.9. The van der Waals surface area contributed by atoms with Crippen molar-refractivity contribution in [2.45, 2.75) is 13.3 Å². The number of H-pyrrole nitrogens is 1. The number of nitrogens with zero attached hydrogens (tertiary/aromatic N) is 1. The summed E-state index contributed by atoms with van der Waals surface area (Å²) in [5, 5.41) is 2.42. The maximum Gasteiger partial charge on any atom is 0.372 e. The minimum absolute atomic E-state index is 0.334. The van der Waals surface area contributed by atoms with Crippen molar-refractivity contribution in [2.24, 2.45) is 0 Å². The molecule has 3 aromatic rings. The molecule has 7 nitrogen and oxygen atoms in total. The van der Waals surface area contributed by atoms with Gasteiger partial charge < -0.3 is 14.6 Å². The van der Waals surface area contributed by atoms with Gasteiger partial charge in [-0.15, -0.1) is 0 Å². The summed E-state index contributed by atoms with van der Waals surface area (Å²) in [6.07, 6.45) is 0.862. The van der Waals surface area contributed by atoms with Gasteiger partial charge in [0.25, 0.3) is 0 Å². The zero-order chi connectivity index (χ0) is 18.8. The zero-order valence-corrected chi connectivity index (χ0v) is 16.9. The second-order valence-electron chi connectivity index (χ2n) is 5.80. The van der Waals surface area contributed by atoms with E-state index in [-0.39, 0.29) is 0 Å². The number of thiophene rings is 1. The SMILES string of the molecule is CCCOc1sc(C(=O)ON2OCCO2)c(-c2cc3ccccc3[nH]2)c1Br. The monoisotopic (exact) mass is 452 g/mol. The minimum Gasteiger partial charge on any atom is -0.483 e. The van der Waals surface area contributed by atoms with E-state index in [2.05, 4.69) is 20.9 Å². The highest BCUT2D eigenvalue weighted by Crippen LogP contribution is 2.46. The molecule has 0 amide bonds.